The van der Waals surface area contributed by atoms with Crippen LogP contribution in [0.4, 0.5) is 9.18 Å². The van der Waals surface area contributed by atoms with E-state index in [9.17, 15) is 13.4 Å². The molecule has 1 aliphatic heterocycles. The Kier molecular flexibility index (Phi) is 5.79. The predicted molar refractivity (Wildman–Crippen MR) is 89.1 cm³/mol. The van der Waals surface area contributed by atoms with Crippen molar-refractivity contribution in [3.8, 4) is 0 Å². The second-order valence-corrected chi connectivity index (χ2v) is 8.50. The van der Waals surface area contributed by atoms with Crippen LogP contribution < -0.4 is 0 Å². The van der Waals surface area contributed by atoms with Gasteiger partial charge >= 0.3 is 6.09 Å². The molecule has 1 amide bonds. The summed E-state index contributed by atoms with van der Waals surface area (Å²) in [6, 6.07) is 6.43. The molecule has 0 bridgehead atoms. The standard InChI is InChI=1S/C17H24FNO3S/c1-17(2,3)22-16(20)19-10-8-14(9-11-19)23(21)12-13-6-4-5-7-15(13)18/h4-7,14H,8-12H2,1-3H3. The van der Waals surface area contributed by atoms with Gasteiger partial charge in [-0.1, -0.05) is 18.2 Å². The van der Waals surface area contributed by atoms with Crippen LogP contribution in [0.2, 0.25) is 0 Å². The van der Waals surface area contributed by atoms with Crippen molar-refractivity contribution in [1.29, 1.82) is 0 Å². The van der Waals surface area contributed by atoms with Gasteiger partial charge in [0.1, 0.15) is 11.4 Å². The highest BCUT2D eigenvalue weighted by Gasteiger charge is 2.29. The highest BCUT2D eigenvalue weighted by Crippen LogP contribution is 2.21. The molecule has 1 saturated heterocycles. The van der Waals surface area contributed by atoms with Crippen LogP contribution in [0.3, 0.4) is 0 Å². The van der Waals surface area contributed by atoms with E-state index in [2.05, 4.69) is 0 Å². The molecule has 0 N–H and O–H groups in total. The van der Waals surface area contributed by atoms with Crippen molar-refractivity contribution in [3.05, 3.63) is 35.6 Å². The van der Waals surface area contributed by atoms with Gasteiger partial charge in [-0.25, -0.2) is 9.18 Å². The van der Waals surface area contributed by atoms with Gasteiger partial charge in [0, 0.05) is 34.7 Å². The minimum Gasteiger partial charge on any atom is -0.444 e. The third-order valence-corrected chi connectivity index (χ3v) is 5.53. The Bertz CT molecular complexity index is 577. The van der Waals surface area contributed by atoms with Gasteiger partial charge in [0.2, 0.25) is 0 Å². The largest absolute Gasteiger partial charge is 0.444 e. The average molecular weight is 341 g/mol. The van der Waals surface area contributed by atoms with Crippen molar-refractivity contribution < 1.29 is 18.1 Å². The zero-order chi connectivity index (χ0) is 17.0. The number of carbonyl (C=O) groups is 1. The lowest BCUT2D eigenvalue weighted by molar-refractivity contribution is 0.0218. The first-order valence-electron chi connectivity index (χ1n) is 7.85. The number of piperidine rings is 1. The Morgan fingerprint density at radius 3 is 2.48 bits per heavy atom. The molecule has 2 rings (SSSR count). The number of hydrogen-bond donors (Lipinski definition) is 0. The second-order valence-electron chi connectivity index (χ2n) is 6.78. The third kappa shape index (κ3) is 5.30. The van der Waals surface area contributed by atoms with E-state index in [0.29, 0.717) is 31.5 Å². The van der Waals surface area contributed by atoms with Crippen LogP contribution in [-0.2, 0) is 21.3 Å². The van der Waals surface area contributed by atoms with Crippen LogP contribution in [-0.4, -0.2) is 39.1 Å². The van der Waals surface area contributed by atoms with Crippen LogP contribution in [0, 0.1) is 5.82 Å². The van der Waals surface area contributed by atoms with E-state index in [1.165, 1.54) is 6.07 Å². The van der Waals surface area contributed by atoms with E-state index >= 15 is 0 Å². The zero-order valence-electron chi connectivity index (χ0n) is 13.9. The molecule has 1 fully saturated rings. The average Bonchev–Trinajstić information content (AvgIpc) is 2.48. The summed E-state index contributed by atoms with van der Waals surface area (Å²) in [7, 11) is -1.13. The first-order chi connectivity index (χ1) is 10.8. The maximum Gasteiger partial charge on any atom is 0.410 e. The topological polar surface area (TPSA) is 46.6 Å². The lowest BCUT2D eigenvalue weighted by Crippen LogP contribution is -2.43. The molecule has 0 aromatic heterocycles. The van der Waals surface area contributed by atoms with Crippen LogP contribution in [0.1, 0.15) is 39.2 Å². The zero-order valence-corrected chi connectivity index (χ0v) is 14.7. The van der Waals surface area contributed by atoms with Crippen molar-refractivity contribution in [2.75, 3.05) is 13.1 Å². The molecule has 0 aliphatic carbocycles. The molecule has 1 atom stereocenters. The Morgan fingerprint density at radius 1 is 1.30 bits per heavy atom. The smallest absolute Gasteiger partial charge is 0.410 e. The molecule has 0 spiro atoms. The summed E-state index contributed by atoms with van der Waals surface area (Å²) < 4.78 is 31.4. The Balaban J connectivity index is 1.85. The van der Waals surface area contributed by atoms with Crippen molar-refractivity contribution in [2.45, 2.75) is 50.2 Å². The van der Waals surface area contributed by atoms with Gasteiger partial charge in [-0.15, -0.1) is 0 Å². The normalized spacial score (nSPS) is 17.8. The maximum atomic E-state index is 13.6. The Labute approximate surface area is 139 Å². The number of halogens is 1. The summed E-state index contributed by atoms with van der Waals surface area (Å²) in [6.07, 6.45) is 0.983. The van der Waals surface area contributed by atoms with Crippen LogP contribution >= 0.6 is 0 Å². The van der Waals surface area contributed by atoms with Crippen LogP contribution in [0.25, 0.3) is 0 Å². The van der Waals surface area contributed by atoms with E-state index in [1.54, 1.807) is 23.1 Å². The fraction of sp³-hybridized carbons (Fsp3) is 0.588. The van der Waals surface area contributed by atoms with Gasteiger partial charge in [0.15, 0.2) is 0 Å². The molecule has 1 unspecified atom stereocenters. The molecule has 0 saturated carbocycles. The summed E-state index contributed by atoms with van der Waals surface area (Å²) in [5.41, 5.74) is -0.0258. The molecule has 1 aromatic rings. The summed E-state index contributed by atoms with van der Waals surface area (Å²) >= 11 is 0. The number of ether oxygens (including phenoxy) is 1. The van der Waals surface area contributed by atoms with Gasteiger partial charge < -0.3 is 9.64 Å². The molecular weight excluding hydrogens is 317 g/mol. The van der Waals surface area contributed by atoms with E-state index in [0.717, 1.165) is 0 Å². The highest BCUT2D eigenvalue weighted by molar-refractivity contribution is 7.84. The van der Waals surface area contributed by atoms with Gasteiger partial charge in [-0.3, -0.25) is 4.21 Å². The van der Waals surface area contributed by atoms with Crippen LogP contribution in [0.5, 0.6) is 0 Å². The Hall–Kier alpha value is -1.43. The molecule has 1 heterocycles. The van der Waals surface area contributed by atoms with E-state index in [1.807, 2.05) is 20.8 Å². The van der Waals surface area contributed by atoms with E-state index in [4.69, 9.17) is 4.74 Å². The molecule has 0 radical (unpaired) electrons. The van der Waals surface area contributed by atoms with E-state index < -0.39 is 16.4 Å². The summed E-state index contributed by atoms with van der Waals surface area (Å²) in [4.78, 5) is 13.7. The number of amides is 1. The van der Waals surface area contributed by atoms with E-state index in [-0.39, 0.29) is 22.9 Å². The SMILES string of the molecule is CC(C)(C)OC(=O)N1CCC(S(=O)Cc2ccccc2F)CC1. The van der Waals surface area contributed by atoms with Gasteiger partial charge in [0.25, 0.3) is 0 Å². The lowest BCUT2D eigenvalue weighted by Gasteiger charge is -2.33. The molecule has 4 nitrogen and oxygen atoms in total. The number of rotatable bonds is 3. The van der Waals surface area contributed by atoms with Crippen molar-refractivity contribution in [2.24, 2.45) is 0 Å². The maximum absolute atomic E-state index is 13.6. The van der Waals surface area contributed by atoms with Crippen molar-refractivity contribution in [1.82, 2.24) is 4.90 Å². The minimum atomic E-state index is -1.13. The van der Waals surface area contributed by atoms with Crippen molar-refractivity contribution in [3.63, 3.8) is 0 Å². The molecule has 23 heavy (non-hydrogen) atoms. The Morgan fingerprint density at radius 2 is 1.91 bits per heavy atom. The molecule has 1 aromatic carbocycles. The first-order valence-corrected chi connectivity index (χ1v) is 9.23. The van der Waals surface area contributed by atoms with Crippen molar-refractivity contribution >= 4 is 16.9 Å². The van der Waals surface area contributed by atoms with Gasteiger partial charge in [0.05, 0.1) is 5.75 Å². The number of carbonyl (C=O) groups excluding carboxylic acids is 1. The second kappa shape index (κ2) is 7.43. The van der Waals surface area contributed by atoms with Crippen LogP contribution in [0.15, 0.2) is 24.3 Å². The lowest BCUT2D eigenvalue weighted by atomic mass is 10.1. The quantitative estimate of drug-likeness (QED) is 0.846. The molecular formula is C17H24FNO3S. The first kappa shape index (κ1) is 17.9. The molecule has 1 aliphatic rings. The molecule has 128 valence electrons. The minimum absolute atomic E-state index is 0.00621. The summed E-state index contributed by atoms with van der Waals surface area (Å²) in [6.45, 7) is 6.56. The molecule has 6 heteroatoms. The number of hydrogen-bond acceptors (Lipinski definition) is 3. The monoisotopic (exact) mass is 341 g/mol. The third-order valence-electron chi connectivity index (χ3n) is 3.72. The fourth-order valence-electron chi connectivity index (χ4n) is 2.51. The highest BCUT2D eigenvalue weighted by atomic mass is 32.2. The number of nitrogens with zero attached hydrogens (tertiary/aromatic N) is 1. The van der Waals surface area contributed by atoms with Gasteiger partial charge in [-0.05, 0) is 39.7 Å². The predicted octanol–water partition coefficient (Wildman–Crippen LogP) is 3.47. The fourth-order valence-corrected chi connectivity index (χ4v) is 4.03. The number of benzene rings is 1. The summed E-state index contributed by atoms with van der Waals surface area (Å²) in [5.74, 6) is -0.0870. The summed E-state index contributed by atoms with van der Waals surface area (Å²) in [5, 5.41) is -0.00621. The van der Waals surface area contributed by atoms with Gasteiger partial charge in [-0.2, -0.15) is 0 Å². The number of likely N-dealkylation sites (tertiary alicyclic amines) is 1.